The van der Waals surface area contributed by atoms with Gasteiger partial charge in [0.25, 0.3) is 0 Å². The van der Waals surface area contributed by atoms with Crippen LogP contribution in [0.5, 0.6) is 0 Å². The summed E-state index contributed by atoms with van der Waals surface area (Å²) in [5.74, 6) is -0.481. The van der Waals surface area contributed by atoms with E-state index in [0.29, 0.717) is 28.8 Å². The molecule has 0 atom stereocenters. The number of carbonyl (C=O) groups is 1. The van der Waals surface area contributed by atoms with Crippen molar-refractivity contribution in [2.75, 3.05) is 6.61 Å². The second kappa shape index (κ2) is 11.5. The molecule has 3 rings (SSSR count). The molecule has 0 amide bonds. The molecule has 0 heterocycles. The van der Waals surface area contributed by atoms with E-state index in [0.717, 1.165) is 64.2 Å². The van der Waals surface area contributed by atoms with Crippen molar-refractivity contribution >= 4 is 35.2 Å². The molecule has 0 aromatic heterocycles. The Morgan fingerprint density at radius 1 is 1.10 bits per heavy atom. The molecular weight excluding hydrogens is 395 g/mol. The number of rotatable bonds is 8. The molecule has 2 saturated carbocycles. The Labute approximate surface area is 188 Å². The van der Waals surface area contributed by atoms with Gasteiger partial charge in [-0.05, 0) is 66.4 Å². The summed E-state index contributed by atoms with van der Waals surface area (Å²) in [6.07, 6.45) is 15.7. The second-order valence-electron chi connectivity index (χ2n) is 8.41. The van der Waals surface area contributed by atoms with Gasteiger partial charge in [-0.3, -0.25) is 0 Å². The molecule has 0 saturated heterocycles. The van der Waals surface area contributed by atoms with Gasteiger partial charge in [0, 0.05) is 6.08 Å². The van der Waals surface area contributed by atoms with Crippen LogP contribution in [-0.4, -0.2) is 23.9 Å². The number of ether oxygens (including phenoxy) is 1. The van der Waals surface area contributed by atoms with Crippen molar-refractivity contribution in [3.05, 3.63) is 35.8 Å². The zero-order valence-corrected chi connectivity index (χ0v) is 19.4. The fourth-order valence-corrected chi connectivity index (χ4v) is 10.8. The fraction of sp³-hybridized carbons (Fsp3) is 0.640. The Hall–Kier alpha value is -0.920. The Bertz CT molecular complexity index is 900. The number of esters is 1. The Morgan fingerprint density at radius 2 is 1.69 bits per heavy atom. The average Bonchev–Trinajstić information content (AvgIpc) is 2.85. The molecule has 29 heavy (non-hydrogen) atoms. The SMILES string of the molecule is [2H]c1c([2H])c([2H])c(P(=S)(C2CCCCC2)C2CCCCC2)c(/C=C/C(=O)OCCCC)c1[2H]. The summed E-state index contributed by atoms with van der Waals surface area (Å²) in [5.41, 5.74) is 1.04. The molecule has 2 nitrogen and oxygen atoms in total. The van der Waals surface area contributed by atoms with Crippen LogP contribution >= 0.6 is 6.04 Å². The lowest BCUT2D eigenvalue weighted by molar-refractivity contribution is -0.137. The molecule has 1 aromatic rings. The van der Waals surface area contributed by atoms with Gasteiger partial charge >= 0.3 is 5.97 Å². The zero-order chi connectivity index (χ0) is 24.0. The molecule has 0 N–H and O–H groups in total. The highest BCUT2D eigenvalue weighted by molar-refractivity contribution is 8.19. The highest BCUT2D eigenvalue weighted by Crippen LogP contribution is 2.62. The molecule has 0 radical (unpaired) electrons. The maximum atomic E-state index is 12.3. The van der Waals surface area contributed by atoms with Crippen LogP contribution in [0.4, 0.5) is 0 Å². The summed E-state index contributed by atoms with van der Waals surface area (Å²) in [6, 6.07) is -2.90. The van der Waals surface area contributed by atoms with Crippen molar-refractivity contribution in [2.24, 2.45) is 0 Å². The van der Waals surface area contributed by atoms with E-state index in [4.69, 9.17) is 22.0 Å². The smallest absolute Gasteiger partial charge is 0.330 e. The number of benzene rings is 1. The van der Waals surface area contributed by atoms with Crippen molar-refractivity contribution in [3.63, 3.8) is 0 Å². The lowest BCUT2D eigenvalue weighted by Gasteiger charge is -2.42. The molecule has 0 spiro atoms. The molecule has 4 heteroatoms. The third kappa shape index (κ3) is 5.82. The van der Waals surface area contributed by atoms with Crippen molar-refractivity contribution < 1.29 is 15.0 Å². The van der Waals surface area contributed by atoms with Crippen LogP contribution in [0, 0.1) is 0 Å². The van der Waals surface area contributed by atoms with E-state index in [1.165, 1.54) is 18.9 Å². The summed E-state index contributed by atoms with van der Waals surface area (Å²) < 4.78 is 39.5. The van der Waals surface area contributed by atoms with E-state index in [1.807, 2.05) is 6.92 Å². The standard InChI is InChI=1S/C25H37O2PS/c1-2-3-20-27-25(26)19-18-21-12-10-11-17-24(21)28(29,22-13-6-4-7-14-22)23-15-8-5-9-16-23/h10-12,17-19,22-23H,2-9,13-16,20H2,1H3/b19-18+/i10D,11D,12D,17D. The van der Waals surface area contributed by atoms with E-state index < -0.39 is 12.0 Å². The summed E-state index contributed by atoms with van der Waals surface area (Å²) in [7, 11) is 0. The maximum absolute atomic E-state index is 12.3. The minimum atomic E-state index is -2.34. The molecule has 0 aliphatic heterocycles. The third-order valence-corrected chi connectivity index (χ3v) is 13.0. The predicted molar refractivity (Wildman–Crippen MR) is 129 cm³/mol. The van der Waals surface area contributed by atoms with Crippen LogP contribution in [0.1, 0.15) is 95.0 Å². The number of hydrogen-bond donors (Lipinski definition) is 0. The van der Waals surface area contributed by atoms with Crippen LogP contribution in [-0.2, 0) is 21.3 Å². The van der Waals surface area contributed by atoms with Gasteiger partial charge in [0.05, 0.1) is 12.1 Å². The van der Waals surface area contributed by atoms with Gasteiger partial charge in [-0.2, -0.15) is 0 Å². The van der Waals surface area contributed by atoms with E-state index in [-0.39, 0.29) is 24.2 Å². The van der Waals surface area contributed by atoms with Crippen molar-refractivity contribution in [3.8, 4) is 0 Å². The Balaban J connectivity index is 2.14. The molecule has 2 fully saturated rings. The number of unbranched alkanes of at least 4 members (excludes halogenated alkanes) is 1. The first-order valence-electron chi connectivity index (χ1n) is 13.4. The van der Waals surface area contributed by atoms with Gasteiger partial charge in [0.15, 0.2) is 0 Å². The first-order chi connectivity index (χ1) is 15.8. The topological polar surface area (TPSA) is 26.3 Å². The van der Waals surface area contributed by atoms with E-state index in [2.05, 4.69) is 0 Å². The zero-order valence-electron chi connectivity index (χ0n) is 21.7. The van der Waals surface area contributed by atoms with Gasteiger partial charge in [-0.25, -0.2) is 4.79 Å². The monoisotopic (exact) mass is 436 g/mol. The van der Waals surface area contributed by atoms with Crippen LogP contribution in [0.15, 0.2) is 30.2 Å². The van der Waals surface area contributed by atoms with Crippen LogP contribution in [0.2, 0.25) is 0 Å². The van der Waals surface area contributed by atoms with E-state index >= 15 is 0 Å². The van der Waals surface area contributed by atoms with Gasteiger partial charge in [0.1, 0.15) is 0 Å². The first-order valence-corrected chi connectivity index (χ1v) is 14.3. The predicted octanol–water partition coefficient (Wildman–Crippen LogP) is 6.81. The normalized spacial score (nSPS) is 21.4. The summed E-state index contributed by atoms with van der Waals surface area (Å²) in [5, 5.41) is 0.639. The number of hydrogen-bond acceptors (Lipinski definition) is 3. The van der Waals surface area contributed by atoms with Crippen LogP contribution in [0.25, 0.3) is 6.08 Å². The summed E-state index contributed by atoms with van der Waals surface area (Å²) >= 11 is 6.62. The lowest BCUT2D eigenvalue weighted by Crippen LogP contribution is -2.30. The molecule has 0 unspecified atom stereocenters. The maximum Gasteiger partial charge on any atom is 0.330 e. The second-order valence-corrected chi connectivity index (χ2v) is 13.5. The van der Waals surface area contributed by atoms with Gasteiger partial charge < -0.3 is 4.74 Å². The molecule has 1 aromatic carbocycles. The molecule has 2 aliphatic rings. The molecule has 0 bridgehead atoms. The fourth-order valence-electron chi connectivity index (χ4n) is 4.82. The average molecular weight is 437 g/mol. The molecular formula is C25H37O2PS. The van der Waals surface area contributed by atoms with Gasteiger partial charge in [0.2, 0.25) is 0 Å². The highest BCUT2D eigenvalue weighted by Gasteiger charge is 2.39. The van der Waals surface area contributed by atoms with Gasteiger partial charge in [-0.15, -0.1) is 0 Å². The first kappa shape index (κ1) is 17.7. The van der Waals surface area contributed by atoms with E-state index in [9.17, 15) is 4.79 Å². The van der Waals surface area contributed by atoms with Crippen molar-refractivity contribution in [1.29, 1.82) is 0 Å². The largest absolute Gasteiger partial charge is 0.463 e. The minimum Gasteiger partial charge on any atom is -0.463 e. The highest BCUT2D eigenvalue weighted by atomic mass is 32.4. The lowest BCUT2D eigenvalue weighted by atomic mass is 9.99. The van der Waals surface area contributed by atoms with E-state index in [1.54, 1.807) is 6.08 Å². The quantitative estimate of drug-likeness (QED) is 0.194. The molecule has 160 valence electrons. The Morgan fingerprint density at radius 3 is 2.28 bits per heavy atom. The van der Waals surface area contributed by atoms with Crippen molar-refractivity contribution in [2.45, 2.75) is 95.3 Å². The van der Waals surface area contributed by atoms with Crippen LogP contribution < -0.4 is 5.30 Å². The number of carbonyl (C=O) groups excluding carboxylic acids is 1. The Kier molecular flexibility index (Phi) is 7.01. The third-order valence-electron chi connectivity index (χ3n) is 6.41. The minimum absolute atomic E-state index is 0.00878. The summed E-state index contributed by atoms with van der Waals surface area (Å²) in [6.45, 7) is 2.38. The summed E-state index contributed by atoms with van der Waals surface area (Å²) in [4.78, 5) is 12.3. The van der Waals surface area contributed by atoms with Crippen LogP contribution in [0.3, 0.4) is 0 Å². The van der Waals surface area contributed by atoms with Gasteiger partial charge in [-0.1, -0.05) is 87.8 Å². The molecule has 2 aliphatic carbocycles. The van der Waals surface area contributed by atoms with Crippen molar-refractivity contribution in [1.82, 2.24) is 0 Å².